The normalized spacial score (nSPS) is 14.5. The Labute approximate surface area is 154 Å². The zero-order valence-corrected chi connectivity index (χ0v) is 16.3. The summed E-state index contributed by atoms with van der Waals surface area (Å²) in [5.74, 6) is 0. The number of nitrogens with one attached hydrogen (secondary N) is 1. The molecule has 1 N–H and O–H groups in total. The first-order valence-corrected chi connectivity index (χ1v) is 10.6. The molecule has 7 heteroatoms. The van der Waals surface area contributed by atoms with Crippen LogP contribution in [0.15, 0.2) is 27.9 Å². The van der Waals surface area contributed by atoms with Gasteiger partial charge >= 0.3 is 0 Å². The van der Waals surface area contributed by atoms with Crippen molar-refractivity contribution in [3.63, 3.8) is 0 Å². The standard InChI is InChI=1S/C19H25N3O3S/c1-4-22(5-2)26(24,25)17-12-14(11-10-13(17)3)18-15-8-6-7-9-16(15)19(23)21-20-18/h10-12H,4-9H2,1-3H3,(H,21,23). The highest BCUT2D eigenvalue weighted by Gasteiger charge is 2.25. The lowest BCUT2D eigenvalue weighted by Gasteiger charge is -2.21. The molecular formula is C19H25N3O3S. The molecule has 0 fully saturated rings. The molecule has 0 spiro atoms. The van der Waals surface area contributed by atoms with Crippen molar-refractivity contribution in [2.45, 2.75) is 51.3 Å². The van der Waals surface area contributed by atoms with Crippen LogP contribution in [0, 0.1) is 6.92 Å². The fraction of sp³-hybridized carbons (Fsp3) is 0.474. The molecule has 0 aliphatic heterocycles. The summed E-state index contributed by atoms with van der Waals surface area (Å²) in [5, 5.41) is 6.83. The molecule has 0 radical (unpaired) electrons. The number of fused-ring (bicyclic) bond motifs is 1. The summed E-state index contributed by atoms with van der Waals surface area (Å²) in [4.78, 5) is 12.4. The van der Waals surface area contributed by atoms with Crippen LogP contribution < -0.4 is 5.56 Å². The Morgan fingerprint density at radius 2 is 1.77 bits per heavy atom. The molecule has 0 unspecified atom stereocenters. The van der Waals surface area contributed by atoms with E-state index in [0.717, 1.165) is 42.4 Å². The summed E-state index contributed by atoms with van der Waals surface area (Å²) < 4.78 is 27.4. The molecular weight excluding hydrogens is 350 g/mol. The second-order valence-electron chi connectivity index (χ2n) is 6.64. The van der Waals surface area contributed by atoms with Crippen molar-refractivity contribution < 1.29 is 8.42 Å². The van der Waals surface area contributed by atoms with Crippen molar-refractivity contribution in [3.05, 3.63) is 45.2 Å². The highest BCUT2D eigenvalue weighted by Crippen LogP contribution is 2.31. The molecule has 3 rings (SSSR count). The minimum absolute atomic E-state index is 0.133. The molecule has 1 heterocycles. The van der Waals surface area contributed by atoms with E-state index in [4.69, 9.17) is 0 Å². The van der Waals surface area contributed by atoms with Crippen molar-refractivity contribution in [2.24, 2.45) is 0 Å². The Morgan fingerprint density at radius 3 is 2.42 bits per heavy atom. The molecule has 1 aliphatic rings. The predicted molar refractivity (Wildman–Crippen MR) is 102 cm³/mol. The van der Waals surface area contributed by atoms with Crippen molar-refractivity contribution in [2.75, 3.05) is 13.1 Å². The molecule has 140 valence electrons. The number of aryl methyl sites for hydroxylation is 1. The van der Waals surface area contributed by atoms with Gasteiger partial charge in [0.15, 0.2) is 0 Å². The lowest BCUT2D eigenvalue weighted by Crippen LogP contribution is -2.31. The summed E-state index contributed by atoms with van der Waals surface area (Å²) in [6.07, 6.45) is 3.56. The van der Waals surface area contributed by atoms with Gasteiger partial charge in [-0.05, 0) is 49.8 Å². The Kier molecular flexibility index (Phi) is 5.29. The van der Waals surface area contributed by atoms with Crippen LogP contribution in [0.4, 0.5) is 0 Å². The van der Waals surface area contributed by atoms with Crippen LogP contribution in [-0.4, -0.2) is 36.0 Å². The Morgan fingerprint density at radius 1 is 1.12 bits per heavy atom. The van der Waals surface area contributed by atoms with Gasteiger partial charge in [0.2, 0.25) is 10.0 Å². The number of sulfonamides is 1. The van der Waals surface area contributed by atoms with Crippen LogP contribution in [0.3, 0.4) is 0 Å². The zero-order valence-electron chi connectivity index (χ0n) is 15.5. The van der Waals surface area contributed by atoms with E-state index >= 15 is 0 Å². The van der Waals surface area contributed by atoms with Gasteiger partial charge in [-0.2, -0.15) is 9.40 Å². The van der Waals surface area contributed by atoms with E-state index < -0.39 is 10.0 Å². The SMILES string of the molecule is CCN(CC)S(=O)(=O)c1cc(-c2n[nH]c(=O)c3c2CCCC3)ccc1C. The fourth-order valence-electron chi connectivity index (χ4n) is 3.63. The highest BCUT2D eigenvalue weighted by atomic mass is 32.2. The number of H-pyrrole nitrogens is 1. The second kappa shape index (κ2) is 7.32. The van der Waals surface area contributed by atoms with Gasteiger partial charge in [-0.25, -0.2) is 13.5 Å². The maximum Gasteiger partial charge on any atom is 0.267 e. The van der Waals surface area contributed by atoms with Crippen LogP contribution in [0.1, 0.15) is 43.4 Å². The van der Waals surface area contributed by atoms with Crippen molar-refractivity contribution in [3.8, 4) is 11.3 Å². The van der Waals surface area contributed by atoms with Gasteiger partial charge in [0.25, 0.3) is 5.56 Å². The van der Waals surface area contributed by atoms with Crippen LogP contribution in [0.5, 0.6) is 0 Å². The molecule has 0 saturated heterocycles. The van der Waals surface area contributed by atoms with Gasteiger partial charge < -0.3 is 0 Å². The fourth-order valence-corrected chi connectivity index (χ4v) is 5.33. The van der Waals surface area contributed by atoms with Crippen LogP contribution in [0.2, 0.25) is 0 Å². The molecule has 0 amide bonds. The summed E-state index contributed by atoms with van der Waals surface area (Å²) in [7, 11) is -3.56. The summed E-state index contributed by atoms with van der Waals surface area (Å²) in [5.41, 5.74) is 3.74. The average Bonchev–Trinajstić information content (AvgIpc) is 2.63. The van der Waals surface area contributed by atoms with Gasteiger partial charge in [0.1, 0.15) is 0 Å². The number of hydrogen-bond acceptors (Lipinski definition) is 4. The first kappa shape index (κ1) is 18.8. The zero-order chi connectivity index (χ0) is 18.9. The quantitative estimate of drug-likeness (QED) is 0.871. The van der Waals surface area contributed by atoms with Crippen molar-refractivity contribution >= 4 is 10.0 Å². The van der Waals surface area contributed by atoms with Crippen molar-refractivity contribution in [1.29, 1.82) is 0 Å². The maximum absolute atomic E-state index is 13.0. The third-order valence-corrected chi connectivity index (χ3v) is 7.27. The smallest absolute Gasteiger partial charge is 0.267 e. The second-order valence-corrected chi connectivity index (χ2v) is 8.54. The minimum Gasteiger partial charge on any atom is -0.268 e. The maximum atomic E-state index is 13.0. The predicted octanol–water partition coefficient (Wildman–Crippen LogP) is 2.65. The lowest BCUT2D eigenvalue weighted by molar-refractivity contribution is 0.445. The molecule has 1 aromatic carbocycles. The lowest BCUT2D eigenvalue weighted by atomic mass is 9.90. The highest BCUT2D eigenvalue weighted by molar-refractivity contribution is 7.89. The molecule has 0 bridgehead atoms. The molecule has 2 aromatic rings. The molecule has 0 atom stereocenters. The number of benzene rings is 1. The largest absolute Gasteiger partial charge is 0.268 e. The first-order chi connectivity index (χ1) is 12.4. The van der Waals surface area contributed by atoms with E-state index in [0.29, 0.717) is 29.2 Å². The molecule has 1 aliphatic carbocycles. The van der Waals surface area contributed by atoms with Crippen LogP contribution >= 0.6 is 0 Å². The van der Waals surface area contributed by atoms with E-state index in [-0.39, 0.29) is 5.56 Å². The third-order valence-electron chi connectivity index (χ3n) is 5.08. The molecule has 1 aromatic heterocycles. The van der Waals surface area contributed by atoms with E-state index in [2.05, 4.69) is 10.2 Å². The van der Waals surface area contributed by atoms with E-state index in [1.807, 2.05) is 26.0 Å². The summed E-state index contributed by atoms with van der Waals surface area (Å²) in [6.45, 7) is 6.32. The van der Waals surface area contributed by atoms with Crippen molar-refractivity contribution in [1.82, 2.24) is 14.5 Å². The summed E-state index contributed by atoms with van der Waals surface area (Å²) >= 11 is 0. The minimum atomic E-state index is -3.56. The topological polar surface area (TPSA) is 83.1 Å². The van der Waals surface area contributed by atoms with E-state index in [1.54, 1.807) is 13.0 Å². The Balaban J connectivity index is 2.17. The molecule has 26 heavy (non-hydrogen) atoms. The third kappa shape index (κ3) is 3.21. The number of aromatic amines is 1. The average molecular weight is 375 g/mol. The number of aromatic nitrogens is 2. The van der Waals surface area contributed by atoms with Gasteiger partial charge in [0, 0.05) is 24.2 Å². The van der Waals surface area contributed by atoms with Crippen LogP contribution in [0.25, 0.3) is 11.3 Å². The van der Waals surface area contributed by atoms with Gasteiger partial charge in [-0.3, -0.25) is 4.79 Å². The number of rotatable bonds is 5. The molecule has 0 saturated carbocycles. The monoisotopic (exact) mass is 375 g/mol. The molecule has 6 nitrogen and oxygen atoms in total. The van der Waals surface area contributed by atoms with Gasteiger partial charge in [-0.1, -0.05) is 26.0 Å². The first-order valence-electron chi connectivity index (χ1n) is 9.11. The van der Waals surface area contributed by atoms with E-state index in [1.165, 1.54) is 4.31 Å². The van der Waals surface area contributed by atoms with Gasteiger partial charge in [-0.15, -0.1) is 0 Å². The summed E-state index contributed by atoms with van der Waals surface area (Å²) in [6, 6.07) is 5.39. The van der Waals surface area contributed by atoms with Crippen LogP contribution in [-0.2, 0) is 22.9 Å². The Bertz CT molecular complexity index is 976. The van der Waals surface area contributed by atoms with Gasteiger partial charge in [0.05, 0.1) is 10.6 Å². The number of nitrogens with zero attached hydrogens (tertiary/aromatic N) is 2. The number of hydrogen-bond donors (Lipinski definition) is 1. The Hall–Kier alpha value is -1.99. The van der Waals surface area contributed by atoms with E-state index in [9.17, 15) is 13.2 Å².